The minimum absolute atomic E-state index is 0.245. The molecule has 0 radical (unpaired) electrons. The molecule has 2 aliphatic heterocycles. The van der Waals surface area contributed by atoms with Crippen LogP contribution in [0.1, 0.15) is 55.7 Å². The van der Waals surface area contributed by atoms with E-state index in [1.165, 1.54) is 43.2 Å². The van der Waals surface area contributed by atoms with Crippen LogP contribution in [0.15, 0.2) is 36.4 Å². The molecule has 2 aromatic rings. The van der Waals surface area contributed by atoms with Gasteiger partial charge in [-0.1, -0.05) is 30.7 Å². The summed E-state index contributed by atoms with van der Waals surface area (Å²) in [6, 6.07) is 6.11. The van der Waals surface area contributed by atoms with E-state index in [-0.39, 0.29) is 17.1 Å². The van der Waals surface area contributed by atoms with Crippen molar-refractivity contribution in [1.29, 1.82) is 5.41 Å². The van der Waals surface area contributed by atoms with E-state index in [4.69, 9.17) is 5.41 Å². The van der Waals surface area contributed by atoms with Crippen LogP contribution in [0.3, 0.4) is 0 Å². The van der Waals surface area contributed by atoms with Crippen molar-refractivity contribution in [2.45, 2.75) is 50.5 Å². The molecule has 2 saturated heterocycles. The number of guanidine groups is 1. The second-order valence-electron chi connectivity index (χ2n) is 9.38. The number of halogens is 5. The van der Waals surface area contributed by atoms with E-state index in [1.54, 1.807) is 5.01 Å². The van der Waals surface area contributed by atoms with E-state index < -0.39 is 46.3 Å². The second kappa shape index (κ2) is 8.89. The van der Waals surface area contributed by atoms with Crippen LogP contribution in [0.2, 0.25) is 0 Å². The Hall–Kier alpha value is -3.01. The van der Waals surface area contributed by atoms with E-state index in [0.29, 0.717) is 25.2 Å². The van der Waals surface area contributed by atoms with Crippen molar-refractivity contribution in [3.05, 3.63) is 70.5 Å². The fourth-order valence-electron chi connectivity index (χ4n) is 5.24. The highest BCUT2D eigenvalue weighted by Crippen LogP contribution is 2.49. The smallest absolute Gasteiger partial charge is 0.270 e. The Morgan fingerprint density at radius 2 is 1.54 bits per heavy atom. The SMILES string of the molecule is CN1C(=N)N(N2CCCCC2)C(C)(c2c(F)cc(F)cc2F)C(c2ccc(C(C)(F)F)cc2)C1=O. The van der Waals surface area contributed by atoms with E-state index in [0.717, 1.165) is 31.1 Å². The number of hydrogen-bond acceptors (Lipinski definition) is 3. The van der Waals surface area contributed by atoms with Gasteiger partial charge in [-0.25, -0.2) is 27.0 Å². The highest BCUT2D eigenvalue weighted by atomic mass is 19.3. The molecule has 188 valence electrons. The largest absolute Gasteiger partial charge is 0.284 e. The number of alkyl halides is 2. The number of hydrogen-bond donors (Lipinski definition) is 1. The third kappa shape index (κ3) is 4.17. The summed E-state index contributed by atoms with van der Waals surface area (Å²) in [5.41, 5.74) is -2.42. The third-order valence-electron chi connectivity index (χ3n) is 6.98. The molecule has 0 aromatic heterocycles. The molecule has 0 spiro atoms. The van der Waals surface area contributed by atoms with Gasteiger partial charge >= 0.3 is 0 Å². The molecule has 2 aromatic carbocycles. The normalized spacial score (nSPS) is 24.3. The van der Waals surface area contributed by atoms with Gasteiger partial charge in [-0.15, -0.1) is 0 Å². The molecule has 2 unspecified atom stereocenters. The molecular weight excluding hydrogens is 467 g/mol. The quantitative estimate of drug-likeness (QED) is 0.585. The summed E-state index contributed by atoms with van der Waals surface area (Å²) in [7, 11) is 1.39. The Morgan fingerprint density at radius 3 is 2.06 bits per heavy atom. The first-order valence-corrected chi connectivity index (χ1v) is 11.4. The van der Waals surface area contributed by atoms with Crippen molar-refractivity contribution in [3.8, 4) is 0 Å². The number of piperidine rings is 1. The second-order valence-corrected chi connectivity index (χ2v) is 9.38. The predicted octanol–water partition coefficient (Wildman–Crippen LogP) is 5.32. The average Bonchev–Trinajstić information content (AvgIpc) is 2.77. The standard InChI is InChI=1S/C25H27F5N4O/c1-24(21-18(27)13-17(26)14-19(21)28)20(15-7-9-16(10-8-15)25(2,29)30)22(35)32(3)23(31)34(24)33-11-5-4-6-12-33/h7-10,13-14,20,31H,4-6,11-12H2,1-3H3. The Morgan fingerprint density at radius 1 is 1.00 bits per heavy atom. The van der Waals surface area contributed by atoms with Crippen LogP contribution in [0.5, 0.6) is 0 Å². The number of amides is 1. The molecule has 10 heteroatoms. The van der Waals surface area contributed by atoms with Crippen LogP contribution in [0, 0.1) is 22.9 Å². The van der Waals surface area contributed by atoms with Gasteiger partial charge in [-0.2, -0.15) is 0 Å². The van der Waals surface area contributed by atoms with Gasteiger partial charge in [0.1, 0.15) is 23.0 Å². The van der Waals surface area contributed by atoms with Crippen molar-refractivity contribution in [1.82, 2.24) is 14.9 Å². The fraction of sp³-hybridized carbons (Fsp3) is 0.440. The van der Waals surface area contributed by atoms with Crippen LogP contribution in [-0.4, -0.2) is 46.9 Å². The van der Waals surface area contributed by atoms with Crippen molar-refractivity contribution >= 4 is 11.9 Å². The summed E-state index contributed by atoms with van der Waals surface area (Å²) in [6.45, 7) is 3.15. The Balaban J connectivity index is 1.98. The molecule has 0 aliphatic carbocycles. The lowest BCUT2D eigenvalue weighted by Crippen LogP contribution is -2.69. The molecule has 5 nitrogen and oxygen atoms in total. The van der Waals surface area contributed by atoms with Gasteiger partial charge in [0, 0.05) is 44.8 Å². The number of hydrazine groups is 1. The van der Waals surface area contributed by atoms with E-state index >= 15 is 8.78 Å². The fourth-order valence-corrected chi connectivity index (χ4v) is 5.24. The van der Waals surface area contributed by atoms with Gasteiger partial charge in [0.2, 0.25) is 11.9 Å². The van der Waals surface area contributed by atoms with E-state index in [9.17, 15) is 18.0 Å². The lowest BCUT2D eigenvalue weighted by atomic mass is 9.72. The molecule has 35 heavy (non-hydrogen) atoms. The minimum Gasteiger partial charge on any atom is -0.284 e. The number of benzene rings is 2. The Kier molecular flexibility index (Phi) is 6.37. The van der Waals surface area contributed by atoms with Crippen LogP contribution in [-0.2, 0) is 16.3 Å². The lowest BCUT2D eigenvalue weighted by Gasteiger charge is -2.57. The molecular formula is C25H27F5N4O. The maximum absolute atomic E-state index is 15.3. The number of rotatable bonds is 4. The lowest BCUT2D eigenvalue weighted by molar-refractivity contribution is -0.149. The molecule has 2 heterocycles. The Bertz CT molecular complexity index is 1120. The summed E-state index contributed by atoms with van der Waals surface area (Å²) in [4.78, 5) is 14.7. The summed E-state index contributed by atoms with van der Waals surface area (Å²) in [6.07, 6.45) is 2.49. The van der Waals surface area contributed by atoms with Crippen molar-refractivity contribution in [2.24, 2.45) is 0 Å². The molecule has 2 fully saturated rings. The highest BCUT2D eigenvalue weighted by molar-refractivity contribution is 6.02. The molecule has 1 N–H and O–H groups in total. The van der Waals surface area contributed by atoms with Crippen molar-refractivity contribution in [3.63, 3.8) is 0 Å². The molecule has 2 atom stereocenters. The van der Waals surface area contributed by atoms with Gasteiger partial charge in [0.15, 0.2) is 0 Å². The number of nitrogens with zero attached hydrogens (tertiary/aromatic N) is 3. The number of carbonyl (C=O) groups excluding carboxylic acids is 1. The van der Waals surface area contributed by atoms with Crippen molar-refractivity contribution in [2.75, 3.05) is 20.1 Å². The van der Waals surface area contributed by atoms with Crippen molar-refractivity contribution < 1.29 is 26.7 Å². The summed E-state index contributed by atoms with van der Waals surface area (Å²) in [5, 5.41) is 11.9. The zero-order valence-electron chi connectivity index (χ0n) is 19.7. The first kappa shape index (κ1) is 25.1. The number of nitrogens with one attached hydrogen (secondary N) is 1. The highest BCUT2D eigenvalue weighted by Gasteiger charge is 2.57. The van der Waals surface area contributed by atoms with Gasteiger partial charge in [0.05, 0.1) is 11.5 Å². The molecule has 1 amide bonds. The van der Waals surface area contributed by atoms with Gasteiger partial charge < -0.3 is 0 Å². The molecule has 0 bridgehead atoms. The first-order chi connectivity index (χ1) is 16.4. The van der Waals surface area contributed by atoms with Gasteiger partial charge in [0.25, 0.3) is 5.92 Å². The van der Waals surface area contributed by atoms with Crippen LogP contribution in [0.4, 0.5) is 22.0 Å². The third-order valence-corrected chi connectivity index (χ3v) is 6.98. The van der Waals surface area contributed by atoms with Crippen LogP contribution >= 0.6 is 0 Å². The summed E-state index contributed by atoms with van der Waals surface area (Å²) >= 11 is 0. The van der Waals surface area contributed by atoms with E-state index in [2.05, 4.69) is 0 Å². The maximum atomic E-state index is 15.3. The zero-order valence-corrected chi connectivity index (χ0v) is 19.7. The Labute approximate surface area is 200 Å². The maximum Gasteiger partial charge on any atom is 0.270 e. The average molecular weight is 495 g/mol. The van der Waals surface area contributed by atoms with Gasteiger partial charge in [-0.05, 0) is 25.3 Å². The van der Waals surface area contributed by atoms with E-state index in [1.807, 2.05) is 0 Å². The molecule has 2 aliphatic rings. The summed E-state index contributed by atoms with van der Waals surface area (Å²) in [5.74, 6) is -8.82. The van der Waals surface area contributed by atoms with Gasteiger partial charge in [-0.3, -0.25) is 20.1 Å². The first-order valence-electron chi connectivity index (χ1n) is 11.4. The predicted molar refractivity (Wildman–Crippen MR) is 120 cm³/mol. The zero-order chi connectivity index (χ0) is 25.7. The minimum atomic E-state index is -3.12. The number of likely N-dealkylation sites (N-methyl/N-ethyl adjacent to an activating group) is 1. The topological polar surface area (TPSA) is 50.6 Å². The monoisotopic (exact) mass is 494 g/mol. The number of carbonyl (C=O) groups is 1. The molecule has 4 rings (SSSR count). The summed E-state index contributed by atoms with van der Waals surface area (Å²) < 4.78 is 72.2. The van der Waals surface area contributed by atoms with Crippen LogP contribution in [0.25, 0.3) is 0 Å². The van der Waals surface area contributed by atoms with Crippen LogP contribution < -0.4 is 0 Å². The molecule has 0 saturated carbocycles.